The van der Waals surface area contributed by atoms with Crippen molar-refractivity contribution < 1.29 is 15.0 Å². The molecule has 78 valence electrons. The molecular weight excluding hydrogens is 260 g/mol. The molecule has 4 heteroatoms. The third-order valence-corrected chi connectivity index (χ3v) is 2.56. The van der Waals surface area contributed by atoms with Crippen LogP contribution in [0.5, 0.6) is 0 Å². The van der Waals surface area contributed by atoms with Gasteiger partial charge in [0.15, 0.2) is 5.78 Å². The molecule has 0 atom stereocenters. The van der Waals surface area contributed by atoms with E-state index in [1.165, 1.54) is 12.1 Å². The lowest BCUT2D eigenvalue weighted by molar-refractivity contribution is 0.104. The molecule has 0 saturated carbocycles. The Morgan fingerprint density at radius 3 is 2.27 bits per heavy atom. The normalized spacial score (nSPS) is 12.9. The zero-order valence-corrected chi connectivity index (χ0v) is 9.36. The van der Waals surface area contributed by atoms with Gasteiger partial charge in [-0.2, -0.15) is 0 Å². The molecule has 1 rings (SSSR count). The molecular formula is C11H9BrO3. The van der Waals surface area contributed by atoms with Gasteiger partial charge in [0.05, 0.1) is 12.5 Å². The molecule has 0 aromatic heterocycles. The Bertz CT molecular complexity index is 517. The number of carbonyl (C=O) groups is 1. The summed E-state index contributed by atoms with van der Waals surface area (Å²) in [6.07, 6.45) is 2.87. The van der Waals surface area contributed by atoms with Gasteiger partial charge in [0.25, 0.3) is 0 Å². The van der Waals surface area contributed by atoms with Gasteiger partial charge in [0.2, 0.25) is 0 Å². The van der Waals surface area contributed by atoms with Crippen LogP contribution in [0.1, 0.15) is 10.4 Å². The molecule has 0 heterocycles. The Morgan fingerprint density at radius 2 is 1.80 bits per heavy atom. The summed E-state index contributed by atoms with van der Waals surface area (Å²) in [7, 11) is 0. The predicted molar refractivity (Wildman–Crippen MR) is 62.1 cm³/mol. The van der Waals surface area contributed by atoms with E-state index in [9.17, 15) is 4.79 Å². The molecule has 0 spiro atoms. The van der Waals surface area contributed by atoms with Crippen LogP contribution in [0.4, 0.5) is 0 Å². The lowest BCUT2D eigenvalue weighted by Crippen LogP contribution is -2.26. The summed E-state index contributed by atoms with van der Waals surface area (Å²) in [4.78, 5) is 11.4. The van der Waals surface area contributed by atoms with Crippen molar-refractivity contribution in [2.75, 3.05) is 0 Å². The van der Waals surface area contributed by atoms with E-state index in [2.05, 4.69) is 22.5 Å². The lowest BCUT2D eigenvalue weighted by atomic mass is 10.1. The second-order valence-corrected chi connectivity index (χ2v) is 3.64. The summed E-state index contributed by atoms with van der Waals surface area (Å²) >= 11 is 3.20. The molecule has 0 radical (unpaired) electrons. The topological polar surface area (TPSA) is 57.5 Å². The van der Waals surface area contributed by atoms with Gasteiger partial charge in [-0.15, -0.1) is 0 Å². The summed E-state index contributed by atoms with van der Waals surface area (Å²) in [5, 5.41) is 18.6. The van der Waals surface area contributed by atoms with E-state index < -0.39 is 0 Å². The monoisotopic (exact) mass is 268 g/mol. The van der Waals surface area contributed by atoms with E-state index in [1.807, 2.05) is 0 Å². The van der Waals surface area contributed by atoms with Crippen molar-refractivity contribution in [3.8, 4) is 0 Å². The van der Waals surface area contributed by atoms with Crippen molar-refractivity contribution in [1.29, 1.82) is 0 Å². The highest BCUT2D eigenvalue weighted by molar-refractivity contribution is 9.10. The van der Waals surface area contributed by atoms with Crippen molar-refractivity contribution >= 4 is 34.2 Å². The van der Waals surface area contributed by atoms with E-state index in [1.54, 1.807) is 6.07 Å². The van der Waals surface area contributed by atoms with Gasteiger partial charge in [0.1, 0.15) is 0 Å². The summed E-state index contributed by atoms with van der Waals surface area (Å²) in [5.74, 6) is -0.255. The zero-order chi connectivity index (χ0) is 11.4. The van der Waals surface area contributed by atoms with Crippen LogP contribution in [0, 0.1) is 0 Å². The summed E-state index contributed by atoms with van der Waals surface area (Å²) < 4.78 is 0.540. The van der Waals surface area contributed by atoms with Crippen molar-refractivity contribution in [3.63, 3.8) is 0 Å². The molecule has 1 aromatic rings. The molecule has 0 aliphatic carbocycles. The number of rotatable bonds is 2. The highest BCUT2D eigenvalue weighted by Crippen LogP contribution is 2.13. The Kier molecular flexibility index (Phi) is 3.68. The molecule has 0 aliphatic rings. The number of carbonyl (C=O) groups excluding carboxylic acids is 1. The second kappa shape index (κ2) is 4.79. The van der Waals surface area contributed by atoms with Gasteiger partial charge in [-0.05, 0) is 18.2 Å². The van der Waals surface area contributed by atoms with Crippen LogP contribution >= 0.6 is 15.9 Å². The van der Waals surface area contributed by atoms with Crippen LogP contribution < -0.4 is 10.4 Å². The number of halogens is 1. The number of hydrogen-bond donors (Lipinski definition) is 2. The lowest BCUT2D eigenvalue weighted by Gasteiger charge is -2.00. The second-order valence-electron chi connectivity index (χ2n) is 2.79. The first-order valence-corrected chi connectivity index (χ1v) is 4.88. The molecule has 15 heavy (non-hydrogen) atoms. The van der Waals surface area contributed by atoms with E-state index in [4.69, 9.17) is 10.2 Å². The average Bonchev–Trinajstić information content (AvgIpc) is 2.27. The highest BCUT2D eigenvalue weighted by Gasteiger charge is 2.06. The van der Waals surface area contributed by atoms with Gasteiger partial charge in [0, 0.05) is 20.5 Å². The molecule has 1 aromatic carbocycles. The minimum atomic E-state index is -0.255. The molecule has 0 amide bonds. The molecule has 0 aliphatic heterocycles. The number of aliphatic hydroxyl groups is 2. The first kappa shape index (κ1) is 11.5. The van der Waals surface area contributed by atoms with E-state index in [0.29, 0.717) is 20.5 Å². The molecule has 0 bridgehead atoms. The van der Waals surface area contributed by atoms with Gasteiger partial charge >= 0.3 is 0 Å². The Morgan fingerprint density at radius 1 is 1.27 bits per heavy atom. The number of allylic oxidation sites excluding steroid dienone is 1. The van der Waals surface area contributed by atoms with Crippen molar-refractivity contribution in [2.24, 2.45) is 0 Å². The molecule has 3 nitrogen and oxygen atoms in total. The number of benzene rings is 1. The van der Waals surface area contributed by atoms with Crippen LogP contribution in [0.25, 0.3) is 12.5 Å². The maximum absolute atomic E-state index is 11.4. The fraction of sp³-hybridized carbons (Fsp3) is 0. The highest BCUT2D eigenvalue weighted by atomic mass is 79.9. The molecule has 0 unspecified atom stereocenters. The van der Waals surface area contributed by atoms with Crippen LogP contribution in [0.2, 0.25) is 0 Å². The zero-order valence-electron chi connectivity index (χ0n) is 7.77. The summed E-state index contributed by atoms with van der Waals surface area (Å²) in [6, 6.07) is 3.01. The fourth-order valence-corrected chi connectivity index (χ4v) is 1.68. The first-order valence-electron chi connectivity index (χ1n) is 4.09. The minimum absolute atomic E-state index is 0.255. The third kappa shape index (κ3) is 2.27. The maximum Gasteiger partial charge on any atom is 0.186 e. The standard InChI is InChI=1S/C11H9BrO3/c1-2-11(15)9-3-7(5-13)8(6-14)4-10(9)12/h2-6,13-14H,1H2. The van der Waals surface area contributed by atoms with Gasteiger partial charge in [-0.3, -0.25) is 4.79 Å². The number of hydrogen-bond acceptors (Lipinski definition) is 3. The van der Waals surface area contributed by atoms with E-state index in [0.717, 1.165) is 12.5 Å². The van der Waals surface area contributed by atoms with Crippen molar-refractivity contribution in [2.45, 2.75) is 0 Å². The van der Waals surface area contributed by atoms with Crippen molar-refractivity contribution in [3.05, 3.63) is 45.3 Å². The minimum Gasteiger partial charge on any atom is -0.515 e. The average molecular weight is 269 g/mol. The molecule has 0 saturated heterocycles. The third-order valence-electron chi connectivity index (χ3n) is 1.90. The van der Waals surface area contributed by atoms with Gasteiger partial charge < -0.3 is 10.2 Å². The van der Waals surface area contributed by atoms with Crippen LogP contribution in [-0.4, -0.2) is 16.0 Å². The van der Waals surface area contributed by atoms with E-state index in [-0.39, 0.29) is 5.78 Å². The largest absolute Gasteiger partial charge is 0.515 e. The Labute approximate surface area is 94.8 Å². The SMILES string of the molecule is C=CC(=O)c1cc(=CO)c(=CO)cc1Br. The van der Waals surface area contributed by atoms with Crippen molar-refractivity contribution in [1.82, 2.24) is 0 Å². The van der Waals surface area contributed by atoms with Crippen LogP contribution in [0.15, 0.2) is 29.3 Å². The molecule has 2 N–H and O–H groups in total. The van der Waals surface area contributed by atoms with Crippen LogP contribution in [-0.2, 0) is 0 Å². The van der Waals surface area contributed by atoms with Gasteiger partial charge in [-0.1, -0.05) is 22.5 Å². The van der Waals surface area contributed by atoms with Crippen LogP contribution in [0.3, 0.4) is 0 Å². The maximum atomic E-state index is 11.4. The smallest absolute Gasteiger partial charge is 0.186 e. The fourth-order valence-electron chi connectivity index (χ4n) is 1.13. The molecule has 0 fully saturated rings. The summed E-state index contributed by atoms with van der Waals surface area (Å²) in [6.45, 7) is 3.38. The van der Waals surface area contributed by atoms with E-state index >= 15 is 0 Å². The number of aliphatic hydroxyl groups excluding tert-OH is 2. The predicted octanol–water partition coefficient (Wildman–Crippen LogP) is 1.41. The Balaban J connectivity index is 3.61. The summed E-state index contributed by atoms with van der Waals surface area (Å²) in [5.41, 5.74) is 0.385. The number of ketones is 1. The Hall–Kier alpha value is -1.55. The quantitative estimate of drug-likeness (QED) is 0.630. The van der Waals surface area contributed by atoms with Gasteiger partial charge in [-0.25, -0.2) is 0 Å². The first-order chi connectivity index (χ1) is 7.13.